The van der Waals surface area contributed by atoms with Crippen molar-refractivity contribution in [1.29, 1.82) is 0 Å². The van der Waals surface area contributed by atoms with Crippen molar-refractivity contribution in [2.24, 2.45) is 0 Å². The van der Waals surface area contributed by atoms with Gasteiger partial charge in [-0.2, -0.15) is 0 Å². The molecule has 0 saturated carbocycles. The molecule has 0 bridgehead atoms. The van der Waals surface area contributed by atoms with Crippen LogP contribution in [0.2, 0.25) is 0 Å². The van der Waals surface area contributed by atoms with Crippen LogP contribution in [0.1, 0.15) is 18.0 Å². The van der Waals surface area contributed by atoms with Crippen LogP contribution in [0.3, 0.4) is 0 Å². The van der Waals surface area contributed by atoms with E-state index in [4.69, 9.17) is 4.74 Å². The Morgan fingerprint density at radius 3 is 2.91 bits per heavy atom. The van der Waals surface area contributed by atoms with Crippen LogP contribution in [0, 0.1) is 11.6 Å². The molecule has 1 atom stereocenters. The standard InChI is InChI=1S/C17H15F2NO2S/c18-11-5-6-16-12(9-11)14(7-8-23-16)20-17(21)10-22-15-4-2-1-3-13(15)19/h1-6,9,14H,7-8,10H2,(H,20,21). The highest BCUT2D eigenvalue weighted by molar-refractivity contribution is 7.99. The molecule has 1 unspecified atom stereocenters. The first kappa shape index (κ1) is 15.8. The van der Waals surface area contributed by atoms with Gasteiger partial charge in [0, 0.05) is 10.6 Å². The van der Waals surface area contributed by atoms with E-state index in [0.29, 0.717) is 6.42 Å². The molecule has 0 fully saturated rings. The van der Waals surface area contributed by atoms with Crippen molar-refractivity contribution in [3.05, 3.63) is 59.7 Å². The summed E-state index contributed by atoms with van der Waals surface area (Å²) < 4.78 is 32.1. The molecule has 0 radical (unpaired) electrons. The number of ether oxygens (including phenoxy) is 1. The summed E-state index contributed by atoms with van der Waals surface area (Å²) in [5.41, 5.74) is 0.778. The van der Waals surface area contributed by atoms with Crippen molar-refractivity contribution in [3.8, 4) is 5.75 Å². The van der Waals surface area contributed by atoms with E-state index in [9.17, 15) is 13.6 Å². The molecule has 0 aromatic heterocycles. The van der Waals surface area contributed by atoms with Gasteiger partial charge in [-0.05, 0) is 42.3 Å². The van der Waals surface area contributed by atoms with Gasteiger partial charge in [0.15, 0.2) is 18.2 Å². The van der Waals surface area contributed by atoms with Gasteiger partial charge in [0.1, 0.15) is 5.82 Å². The summed E-state index contributed by atoms with van der Waals surface area (Å²) in [5.74, 6) is -0.318. The molecule has 0 saturated heterocycles. The average Bonchev–Trinajstić information content (AvgIpc) is 2.55. The Kier molecular flexibility index (Phi) is 4.81. The maximum absolute atomic E-state index is 13.4. The second-order valence-electron chi connectivity index (χ2n) is 5.16. The van der Waals surface area contributed by atoms with E-state index in [1.165, 1.54) is 24.3 Å². The fraction of sp³-hybridized carbons (Fsp3) is 0.235. The quantitative estimate of drug-likeness (QED) is 0.926. The molecule has 1 amide bonds. The first-order valence-electron chi connectivity index (χ1n) is 7.22. The number of nitrogens with one attached hydrogen (secondary N) is 1. The highest BCUT2D eigenvalue weighted by atomic mass is 32.2. The van der Waals surface area contributed by atoms with Crippen LogP contribution >= 0.6 is 11.8 Å². The molecule has 1 N–H and O–H groups in total. The second kappa shape index (κ2) is 7.00. The van der Waals surface area contributed by atoms with Gasteiger partial charge in [-0.3, -0.25) is 4.79 Å². The van der Waals surface area contributed by atoms with Gasteiger partial charge >= 0.3 is 0 Å². The Balaban J connectivity index is 1.63. The van der Waals surface area contributed by atoms with Crippen LogP contribution < -0.4 is 10.1 Å². The van der Waals surface area contributed by atoms with Gasteiger partial charge in [-0.15, -0.1) is 11.8 Å². The number of thioether (sulfide) groups is 1. The SMILES string of the molecule is O=C(COc1ccccc1F)NC1CCSc2ccc(F)cc21. The van der Waals surface area contributed by atoms with E-state index in [1.54, 1.807) is 30.0 Å². The maximum atomic E-state index is 13.4. The van der Waals surface area contributed by atoms with Crippen molar-refractivity contribution < 1.29 is 18.3 Å². The molecule has 2 aromatic carbocycles. The van der Waals surface area contributed by atoms with Crippen molar-refractivity contribution in [3.63, 3.8) is 0 Å². The van der Waals surface area contributed by atoms with Crippen LogP contribution in [0.25, 0.3) is 0 Å². The third kappa shape index (κ3) is 3.82. The number of amides is 1. The Morgan fingerprint density at radius 2 is 2.09 bits per heavy atom. The average molecular weight is 335 g/mol. The second-order valence-corrected chi connectivity index (χ2v) is 6.30. The number of benzene rings is 2. The summed E-state index contributed by atoms with van der Waals surface area (Å²) in [6.45, 7) is -0.283. The van der Waals surface area contributed by atoms with E-state index in [2.05, 4.69) is 5.32 Å². The Bertz CT molecular complexity index is 723. The molecule has 120 valence electrons. The minimum Gasteiger partial charge on any atom is -0.481 e. The lowest BCUT2D eigenvalue weighted by molar-refractivity contribution is -0.123. The summed E-state index contributed by atoms with van der Waals surface area (Å²) in [6.07, 6.45) is 0.715. The molecular weight excluding hydrogens is 320 g/mol. The zero-order valence-corrected chi connectivity index (χ0v) is 13.0. The van der Waals surface area contributed by atoms with Gasteiger partial charge in [0.2, 0.25) is 0 Å². The molecule has 3 rings (SSSR count). The number of para-hydroxylation sites is 1. The van der Waals surface area contributed by atoms with E-state index in [1.807, 2.05) is 0 Å². The Hall–Kier alpha value is -2.08. The number of rotatable bonds is 4. The third-order valence-corrected chi connectivity index (χ3v) is 4.66. The minimum absolute atomic E-state index is 0.0355. The molecule has 1 aliphatic heterocycles. The highest BCUT2D eigenvalue weighted by Crippen LogP contribution is 2.36. The van der Waals surface area contributed by atoms with Gasteiger partial charge in [-0.1, -0.05) is 12.1 Å². The molecule has 2 aromatic rings. The van der Waals surface area contributed by atoms with Gasteiger partial charge in [0.25, 0.3) is 5.91 Å². The first-order valence-corrected chi connectivity index (χ1v) is 8.21. The zero-order chi connectivity index (χ0) is 16.2. The van der Waals surface area contributed by atoms with Crippen LogP contribution in [-0.4, -0.2) is 18.3 Å². The number of carbonyl (C=O) groups is 1. The summed E-state index contributed by atoms with van der Waals surface area (Å²) in [5, 5.41) is 2.83. The molecule has 3 nitrogen and oxygen atoms in total. The van der Waals surface area contributed by atoms with Crippen molar-refractivity contribution in [2.45, 2.75) is 17.4 Å². The van der Waals surface area contributed by atoms with Crippen LogP contribution in [-0.2, 0) is 4.79 Å². The highest BCUT2D eigenvalue weighted by Gasteiger charge is 2.23. The first-order chi connectivity index (χ1) is 11.1. The minimum atomic E-state index is -0.512. The number of carbonyl (C=O) groups excluding carboxylic acids is 1. The smallest absolute Gasteiger partial charge is 0.258 e. The summed E-state index contributed by atoms with van der Waals surface area (Å²) >= 11 is 1.64. The monoisotopic (exact) mass is 335 g/mol. The van der Waals surface area contributed by atoms with Gasteiger partial charge < -0.3 is 10.1 Å². The van der Waals surface area contributed by atoms with Crippen LogP contribution in [0.15, 0.2) is 47.4 Å². The fourth-order valence-corrected chi connectivity index (χ4v) is 3.56. The fourth-order valence-electron chi connectivity index (χ4n) is 2.46. The Labute approximate surface area is 137 Å². The molecule has 1 aliphatic rings. The number of hydrogen-bond acceptors (Lipinski definition) is 3. The van der Waals surface area contributed by atoms with E-state index in [0.717, 1.165) is 16.2 Å². The lowest BCUT2D eigenvalue weighted by Gasteiger charge is -2.26. The summed E-state index contributed by atoms with van der Waals surface area (Å²) in [7, 11) is 0. The number of fused-ring (bicyclic) bond motifs is 1. The lowest BCUT2D eigenvalue weighted by Crippen LogP contribution is -2.34. The predicted octanol–water partition coefficient (Wildman–Crippen LogP) is 3.70. The van der Waals surface area contributed by atoms with E-state index >= 15 is 0 Å². The van der Waals surface area contributed by atoms with Crippen LogP contribution in [0.5, 0.6) is 5.75 Å². The summed E-state index contributed by atoms with van der Waals surface area (Å²) in [4.78, 5) is 13.0. The lowest BCUT2D eigenvalue weighted by atomic mass is 10.0. The largest absolute Gasteiger partial charge is 0.481 e. The third-order valence-electron chi connectivity index (χ3n) is 3.54. The molecule has 23 heavy (non-hydrogen) atoms. The van der Waals surface area contributed by atoms with Crippen LogP contribution in [0.4, 0.5) is 8.78 Å². The molecule has 1 heterocycles. The molecule has 0 aliphatic carbocycles. The van der Waals surface area contributed by atoms with Crippen molar-refractivity contribution in [2.75, 3.05) is 12.4 Å². The maximum Gasteiger partial charge on any atom is 0.258 e. The normalized spacial score (nSPS) is 16.5. The number of hydrogen-bond donors (Lipinski definition) is 1. The van der Waals surface area contributed by atoms with Gasteiger partial charge in [0.05, 0.1) is 6.04 Å². The van der Waals surface area contributed by atoms with E-state index < -0.39 is 5.82 Å². The van der Waals surface area contributed by atoms with Crippen molar-refractivity contribution in [1.82, 2.24) is 5.32 Å². The van der Waals surface area contributed by atoms with Crippen molar-refractivity contribution >= 4 is 17.7 Å². The van der Waals surface area contributed by atoms with E-state index in [-0.39, 0.29) is 30.1 Å². The van der Waals surface area contributed by atoms with Gasteiger partial charge in [-0.25, -0.2) is 8.78 Å². The molecule has 0 spiro atoms. The molecular formula is C17H15F2NO2S. The zero-order valence-electron chi connectivity index (χ0n) is 12.2. The number of halogens is 2. The Morgan fingerprint density at radius 1 is 1.26 bits per heavy atom. The predicted molar refractivity (Wildman–Crippen MR) is 84.5 cm³/mol. The topological polar surface area (TPSA) is 38.3 Å². The summed E-state index contributed by atoms with van der Waals surface area (Å²) in [6, 6.07) is 10.3. The molecule has 6 heteroatoms.